The van der Waals surface area contributed by atoms with Gasteiger partial charge < -0.3 is 14.6 Å². The van der Waals surface area contributed by atoms with E-state index in [4.69, 9.17) is 4.74 Å². The lowest BCUT2D eigenvalue weighted by atomic mass is 10.1. The molecule has 9 heteroatoms. The van der Waals surface area contributed by atoms with Gasteiger partial charge in [-0.2, -0.15) is 4.31 Å². The van der Waals surface area contributed by atoms with Crippen LogP contribution >= 0.6 is 0 Å². The van der Waals surface area contributed by atoms with Crippen molar-refractivity contribution >= 4 is 15.9 Å². The van der Waals surface area contributed by atoms with Gasteiger partial charge in [0.2, 0.25) is 15.9 Å². The van der Waals surface area contributed by atoms with Crippen molar-refractivity contribution < 1.29 is 17.9 Å². The van der Waals surface area contributed by atoms with Crippen molar-refractivity contribution in [2.75, 3.05) is 13.1 Å². The molecule has 176 valence electrons. The zero-order valence-corrected chi connectivity index (χ0v) is 20.4. The van der Waals surface area contributed by atoms with Gasteiger partial charge in [0, 0.05) is 45.1 Å². The Labute approximate surface area is 195 Å². The normalized spacial score (nSPS) is 11.6. The topological polar surface area (TPSA) is 93.5 Å². The van der Waals surface area contributed by atoms with E-state index in [2.05, 4.69) is 10.3 Å². The summed E-state index contributed by atoms with van der Waals surface area (Å²) in [6.07, 6.45) is 3.10. The molecule has 0 bridgehead atoms. The number of aromatic nitrogens is 2. The summed E-state index contributed by atoms with van der Waals surface area (Å²) in [7, 11) is -1.98. The van der Waals surface area contributed by atoms with Gasteiger partial charge in [-0.3, -0.25) is 4.79 Å². The third-order valence-corrected chi connectivity index (χ3v) is 7.38. The van der Waals surface area contributed by atoms with E-state index in [9.17, 15) is 13.2 Å². The molecule has 33 heavy (non-hydrogen) atoms. The third-order valence-electron chi connectivity index (χ3n) is 5.36. The molecule has 8 nitrogen and oxygen atoms in total. The van der Waals surface area contributed by atoms with E-state index < -0.39 is 10.0 Å². The van der Waals surface area contributed by atoms with Gasteiger partial charge in [-0.15, -0.1) is 0 Å². The lowest BCUT2D eigenvalue weighted by Gasteiger charge is -2.17. The van der Waals surface area contributed by atoms with Crippen LogP contribution in [0.3, 0.4) is 0 Å². The summed E-state index contributed by atoms with van der Waals surface area (Å²) in [5.41, 5.74) is 3.18. The van der Waals surface area contributed by atoms with Crippen LogP contribution in [0.4, 0.5) is 0 Å². The van der Waals surface area contributed by atoms with Crippen LogP contribution in [-0.4, -0.2) is 41.3 Å². The van der Waals surface area contributed by atoms with Crippen molar-refractivity contribution in [3.63, 3.8) is 0 Å². The first-order valence-corrected chi connectivity index (χ1v) is 12.2. The molecule has 0 radical (unpaired) electrons. The lowest BCUT2D eigenvalue weighted by molar-refractivity contribution is 0.0942. The number of hydrogen-bond donors (Lipinski definition) is 1. The van der Waals surface area contributed by atoms with E-state index in [1.807, 2.05) is 38.1 Å². The van der Waals surface area contributed by atoms with Crippen molar-refractivity contribution in [1.29, 1.82) is 0 Å². The highest BCUT2D eigenvalue weighted by Gasteiger charge is 2.25. The molecule has 1 amide bonds. The average Bonchev–Trinajstić information content (AvgIpc) is 3.19. The first-order valence-electron chi connectivity index (χ1n) is 10.8. The van der Waals surface area contributed by atoms with Gasteiger partial charge in [0.25, 0.3) is 5.91 Å². The molecule has 0 unspecified atom stereocenters. The number of carbonyl (C=O) groups excluding carboxylic acids is 1. The van der Waals surface area contributed by atoms with Crippen LogP contribution < -0.4 is 10.1 Å². The van der Waals surface area contributed by atoms with Gasteiger partial charge in [0.15, 0.2) is 0 Å². The maximum atomic E-state index is 12.7. The fraction of sp³-hybridized carbons (Fsp3) is 0.333. The fourth-order valence-electron chi connectivity index (χ4n) is 3.39. The Balaban J connectivity index is 1.65. The number of sulfonamides is 1. The molecule has 1 aromatic carbocycles. The Kier molecular flexibility index (Phi) is 7.55. The van der Waals surface area contributed by atoms with E-state index >= 15 is 0 Å². The van der Waals surface area contributed by atoms with Gasteiger partial charge in [-0.05, 0) is 42.7 Å². The number of nitrogens with one attached hydrogen (secondary N) is 1. The Morgan fingerprint density at radius 3 is 2.48 bits per heavy atom. The van der Waals surface area contributed by atoms with E-state index in [0.29, 0.717) is 19.0 Å². The minimum Gasteiger partial charge on any atom is -0.439 e. The first kappa shape index (κ1) is 24.5. The maximum absolute atomic E-state index is 12.7. The van der Waals surface area contributed by atoms with Crippen molar-refractivity contribution in [3.05, 3.63) is 71.2 Å². The average molecular weight is 471 g/mol. The quantitative estimate of drug-likeness (QED) is 0.514. The van der Waals surface area contributed by atoms with E-state index in [1.165, 1.54) is 21.1 Å². The van der Waals surface area contributed by atoms with Crippen LogP contribution in [0.2, 0.25) is 0 Å². The van der Waals surface area contributed by atoms with E-state index in [0.717, 1.165) is 22.4 Å². The summed E-state index contributed by atoms with van der Waals surface area (Å²) in [6, 6.07) is 11.0. The molecular formula is C24H30N4O4S. The van der Waals surface area contributed by atoms with Crippen molar-refractivity contribution in [1.82, 2.24) is 19.2 Å². The van der Waals surface area contributed by atoms with Crippen LogP contribution in [0, 0.1) is 13.8 Å². The zero-order chi connectivity index (χ0) is 24.2. The number of ether oxygens (including phenoxy) is 1. The van der Waals surface area contributed by atoms with Crippen molar-refractivity contribution in [3.8, 4) is 11.6 Å². The van der Waals surface area contributed by atoms with Crippen LogP contribution in [0.15, 0.2) is 53.7 Å². The smallest absolute Gasteiger partial charge is 0.268 e. The van der Waals surface area contributed by atoms with Gasteiger partial charge in [0.1, 0.15) is 16.3 Å². The van der Waals surface area contributed by atoms with Crippen LogP contribution in [-0.2, 0) is 23.6 Å². The molecule has 3 aromatic rings. The third kappa shape index (κ3) is 5.61. The van der Waals surface area contributed by atoms with Gasteiger partial charge in [0.05, 0.1) is 0 Å². The number of nitrogens with zero attached hydrogens (tertiary/aromatic N) is 3. The van der Waals surface area contributed by atoms with Gasteiger partial charge in [-0.1, -0.05) is 32.0 Å². The summed E-state index contributed by atoms with van der Waals surface area (Å²) in [6.45, 7) is 8.52. The predicted octanol–water partition coefficient (Wildman–Crippen LogP) is 3.79. The summed E-state index contributed by atoms with van der Waals surface area (Å²) < 4.78 is 34.2. The summed E-state index contributed by atoms with van der Waals surface area (Å²) in [4.78, 5) is 17.1. The molecule has 0 saturated carbocycles. The number of hydrogen-bond acceptors (Lipinski definition) is 5. The molecule has 0 aliphatic carbocycles. The summed E-state index contributed by atoms with van der Waals surface area (Å²) in [5.74, 6) is 0.851. The molecule has 1 N–H and O–H groups in total. The van der Waals surface area contributed by atoms with Crippen molar-refractivity contribution in [2.45, 2.75) is 39.1 Å². The molecule has 0 aliphatic heterocycles. The number of aryl methyl sites for hydroxylation is 3. The number of carbonyl (C=O) groups is 1. The molecule has 3 rings (SSSR count). The predicted molar refractivity (Wildman–Crippen MR) is 127 cm³/mol. The monoisotopic (exact) mass is 470 g/mol. The standard InChI is InChI=1S/C24H30N4O4S/c1-6-28(7-2)33(30,31)20-13-21(27(5)16-20)24(29)26-15-19-10-11-23(25-14-19)32-22-12-17(3)8-9-18(22)4/h8-14,16H,6-7,15H2,1-5H3,(H,26,29). The second-order valence-corrected chi connectivity index (χ2v) is 9.76. The highest BCUT2D eigenvalue weighted by atomic mass is 32.2. The van der Waals surface area contributed by atoms with Crippen LogP contribution in [0.1, 0.15) is 41.0 Å². The lowest BCUT2D eigenvalue weighted by Crippen LogP contribution is -2.30. The number of pyridine rings is 1. The molecule has 0 saturated heterocycles. The van der Waals surface area contributed by atoms with Crippen LogP contribution in [0.25, 0.3) is 0 Å². The fourth-order valence-corrected chi connectivity index (χ4v) is 4.92. The first-order chi connectivity index (χ1) is 15.6. The second kappa shape index (κ2) is 10.2. The molecule has 0 spiro atoms. The molecule has 2 aromatic heterocycles. The highest BCUT2D eigenvalue weighted by molar-refractivity contribution is 7.89. The highest BCUT2D eigenvalue weighted by Crippen LogP contribution is 2.25. The zero-order valence-electron chi connectivity index (χ0n) is 19.6. The maximum Gasteiger partial charge on any atom is 0.268 e. The molecule has 0 atom stereocenters. The molecule has 2 heterocycles. The number of benzene rings is 1. The minimum atomic E-state index is -3.63. The second-order valence-electron chi connectivity index (χ2n) is 7.82. The molecular weight excluding hydrogens is 440 g/mol. The van der Waals surface area contributed by atoms with Crippen molar-refractivity contribution in [2.24, 2.45) is 7.05 Å². The Bertz CT molecular complexity index is 1230. The largest absolute Gasteiger partial charge is 0.439 e. The Hall–Kier alpha value is -3.17. The van der Waals surface area contributed by atoms with Gasteiger partial charge >= 0.3 is 0 Å². The SMILES string of the molecule is CCN(CC)S(=O)(=O)c1cc(C(=O)NCc2ccc(Oc3cc(C)ccc3C)nc2)n(C)c1. The summed E-state index contributed by atoms with van der Waals surface area (Å²) >= 11 is 0. The van der Waals surface area contributed by atoms with E-state index in [-0.39, 0.29) is 23.0 Å². The Morgan fingerprint density at radius 2 is 1.85 bits per heavy atom. The number of amides is 1. The summed E-state index contributed by atoms with van der Waals surface area (Å²) in [5, 5.41) is 2.81. The molecule has 0 aliphatic rings. The van der Waals surface area contributed by atoms with E-state index in [1.54, 1.807) is 33.2 Å². The number of rotatable bonds is 9. The van der Waals surface area contributed by atoms with Gasteiger partial charge in [-0.25, -0.2) is 13.4 Å². The minimum absolute atomic E-state index is 0.105. The van der Waals surface area contributed by atoms with Crippen LogP contribution in [0.5, 0.6) is 11.6 Å². The molecule has 0 fully saturated rings. The Morgan fingerprint density at radius 1 is 1.12 bits per heavy atom.